The molecule has 15 heavy (non-hydrogen) atoms. The zero-order valence-corrected chi connectivity index (χ0v) is 10.7. The van der Waals surface area contributed by atoms with Crippen molar-refractivity contribution >= 4 is 0 Å². The first kappa shape index (κ1) is 14.7. The maximum atomic E-state index is 3.47. The Morgan fingerprint density at radius 1 is 0.867 bits per heavy atom. The quantitative estimate of drug-likeness (QED) is 0.397. The lowest BCUT2D eigenvalue weighted by molar-refractivity contribution is 0.564. The molecule has 1 nitrogen and oxygen atoms in total. The summed E-state index contributed by atoms with van der Waals surface area (Å²) in [6.07, 6.45) is 15.3. The summed E-state index contributed by atoms with van der Waals surface area (Å²) in [5.41, 5.74) is 0. The third-order valence-electron chi connectivity index (χ3n) is 2.68. The third-order valence-corrected chi connectivity index (χ3v) is 2.68. The van der Waals surface area contributed by atoms with Crippen LogP contribution in [0.15, 0.2) is 12.2 Å². The summed E-state index contributed by atoms with van der Waals surface area (Å²) in [6, 6.07) is 0. The second-order valence-corrected chi connectivity index (χ2v) is 4.23. The highest BCUT2D eigenvalue weighted by molar-refractivity contribution is 4.77. The van der Waals surface area contributed by atoms with Gasteiger partial charge >= 0.3 is 0 Å². The van der Waals surface area contributed by atoms with Gasteiger partial charge in [-0.3, -0.25) is 0 Å². The number of unbranched alkanes of at least 4 members (excludes halogenated alkanes) is 6. The average molecular weight is 211 g/mol. The molecule has 0 fully saturated rings. The molecule has 0 radical (unpaired) electrons. The van der Waals surface area contributed by atoms with Crippen molar-refractivity contribution in [1.82, 2.24) is 5.32 Å². The molecule has 0 aliphatic rings. The van der Waals surface area contributed by atoms with Crippen LogP contribution in [0.1, 0.15) is 65.2 Å². The molecule has 1 N–H and O–H groups in total. The molecule has 0 atom stereocenters. The molecule has 0 saturated heterocycles. The fourth-order valence-electron chi connectivity index (χ4n) is 1.68. The van der Waals surface area contributed by atoms with Crippen LogP contribution in [0.2, 0.25) is 0 Å². The van der Waals surface area contributed by atoms with Gasteiger partial charge in [0.15, 0.2) is 0 Å². The Labute approximate surface area is 96.3 Å². The highest BCUT2D eigenvalue weighted by atomic mass is 14.8. The minimum Gasteiger partial charge on any atom is -0.316 e. The maximum Gasteiger partial charge on any atom is -0.00143 e. The fourth-order valence-corrected chi connectivity index (χ4v) is 1.68. The zero-order chi connectivity index (χ0) is 11.2. The molecule has 0 heterocycles. The Morgan fingerprint density at radius 3 is 2.20 bits per heavy atom. The van der Waals surface area contributed by atoms with Crippen molar-refractivity contribution in [3.63, 3.8) is 0 Å². The van der Waals surface area contributed by atoms with Crippen LogP contribution in [0.3, 0.4) is 0 Å². The molecule has 0 aromatic carbocycles. The van der Waals surface area contributed by atoms with E-state index in [9.17, 15) is 0 Å². The molecule has 0 aliphatic heterocycles. The van der Waals surface area contributed by atoms with Gasteiger partial charge in [-0.2, -0.15) is 0 Å². The molecule has 0 amide bonds. The molecular formula is C14H29N. The molecule has 0 aliphatic carbocycles. The van der Waals surface area contributed by atoms with Crippen molar-refractivity contribution in [1.29, 1.82) is 0 Å². The number of hydrogen-bond acceptors (Lipinski definition) is 1. The van der Waals surface area contributed by atoms with Crippen LogP contribution in [0.25, 0.3) is 0 Å². The lowest BCUT2D eigenvalue weighted by Crippen LogP contribution is -2.15. The highest BCUT2D eigenvalue weighted by Crippen LogP contribution is 2.06. The van der Waals surface area contributed by atoms with Crippen molar-refractivity contribution in [3.8, 4) is 0 Å². The summed E-state index contributed by atoms with van der Waals surface area (Å²) < 4.78 is 0. The van der Waals surface area contributed by atoms with Crippen molar-refractivity contribution in [2.75, 3.05) is 13.1 Å². The van der Waals surface area contributed by atoms with E-state index in [-0.39, 0.29) is 0 Å². The highest BCUT2D eigenvalue weighted by Gasteiger charge is 1.90. The molecule has 0 saturated carbocycles. The van der Waals surface area contributed by atoms with Gasteiger partial charge in [0.05, 0.1) is 0 Å². The van der Waals surface area contributed by atoms with E-state index in [1.54, 1.807) is 0 Å². The number of nitrogens with one attached hydrogen (secondary N) is 1. The molecule has 0 rings (SSSR count). The predicted octanol–water partition coefficient (Wildman–Crippen LogP) is 4.29. The SMILES string of the molecule is C/C=C/CCNCCCCCCCCC. The Kier molecular flexibility index (Phi) is 13.4. The van der Waals surface area contributed by atoms with Gasteiger partial charge in [0.25, 0.3) is 0 Å². The summed E-state index contributed by atoms with van der Waals surface area (Å²) in [7, 11) is 0. The number of hydrogen-bond donors (Lipinski definition) is 1. The topological polar surface area (TPSA) is 12.0 Å². The molecule has 0 aromatic rings. The average Bonchev–Trinajstić information content (AvgIpc) is 2.26. The normalized spacial score (nSPS) is 11.3. The lowest BCUT2D eigenvalue weighted by atomic mass is 10.1. The van der Waals surface area contributed by atoms with Crippen LogP contribution in [0.4, 0.5) is 0 Å². The summed E-state index contributed by atoms with van der Waals surface area (Å²) in [4.78, 5) is 0. The Balaban J connectivity index is 2.86. The van der Waals surface area contributed by atoms with Crippen LogP contribution in [0, 0.1) is 0 Å². The van der Waals surface area contributed by atoms with Crippen molar-refractivity contribution < 1.29 is 0 Å². The molecule has 0 bridgehead atoms. The van der Waals surface area contributed by atoms with Gasteiger partial charge < -0.3 is 5.32 Å². The van der Waals surface area contributed by atoms with Crippen LogP contribution >= 0.6 is 0 Å². The molecule has 0 aromatic heterocycles. The molecule has 0 spiro atoms. The second kappa shape index (κ2) is 13.7. The summed E-state index contributed by atoms with van der Waals surface area (Å²) in [5, 5.41) is 3.47. The Bertz CT molecular complexity index is 129. The van der Waals surface area contributed by atoms with Gasteiger partial charge in [0.1, 0.15) is 0 Å². The van der Waals surface area contributed by atoms with Gasteiger partial charge in [-0.25, -0.2) is 0 Å². The first-order valence-electron chi connectivity index (χ1n) is 6.73. The van der Waals surface area contributed by atoms with E-state index in [0.717, 1.165) is 6.54 Å². The van der Waals surface area contributed by atoms with E-state index in [1.165, 1.54) is 57.9 Å². The van der Waals surface area contributed by atoms with Crippen LogP contribution in [0.5, 0.6) is 0 Å². The molecular weight excluding hydrogens is 182 g/mol. The maximum absolute atomic E-state index is 3.47. The van der Waals surface area contributed by atoms with Crippen LogP contribution in [-0.4, -0.2) is 13.1 Å². The van der Waals surface area contributed by atoms with Crippen molar-refractivity contribution in [2.24, 2.45) is 0 Å². The third kappa shape index (κ3) is 13.7. The largest absolute Gasteiger partial charge is 0.316 e. The Morgan fingerprint density at radius 2 is 1.53 bits per heavy atom. The Hall–Kier alpha value is -0.300. The smallest absolute Gasteiger partial charge is 0.00143 e. The first-order valence-corrected chi connectivity index (χ1v) is 6.73. The van der Waals surface area contributed by atoms with E-state index < -0.39 is 0 Å². The van der Waals surface area contributed by atoms with E-state index in [4.69, 9.17) is 0 Å². The van der Waals surface area contributed by atoms with Gasteiger partial charge in [-0.15, -0.1) is 0 Å². The fraction of sp³-hybridized carbons (Fsp3) is 0.857. The monoisotopic (exact) mass is 211 g/mol. The summed E-state index contributed by atoms with van der Waals surface area (Å²) in [6.45, 7) is 6.69. The first-order chi connectivity index (χ1) is 7.41. The van der Waals surface area contributed by atoms with Gasteiger partial charge in [-0.05, 0) is 32.9 Å². The van der Waals surface area contributed by atoms with E-state index in [1.807, 2.05) is 0 Å². The van der Waals surface area contributed by atoms with E-state index in [2.05, 4.69) is 31.3 Å². The van der Waals surface area contributed by atoms with Crippen molar-refractivity contribution in [2.45, 2.75) is 65.2 Å². The molecule has 1 heteroatoms. The minimum absolute atomic E-state index is 1.14. The van der Waals surface area contributed by atoms with Gasteiger partial charge in [0.2, 0.25) is 0 Å². The predicted molar refractivity (Wildman–Crippen MR) is 70.3 cm³/mol. The summed E-state index contributed by atoms with van der Waals surface area (Å²) in [5.74, 6) is 0. The van der Waals surface area contributed by atoms with Crippen molar-refractivity contribution in [3.05, 3.63) is 12.2 Å². The minimum atomic E-state index is 1.14. The van der Waals surface area contributed by atoms with Crippen LogP contribution in [-0.2, 0) is 0 Å². The summed E-state index contributed by atoms with van der Waals surface area (Å²) >= 11 is 0. The number of allylic oxidation sites excluding steroid dienone is 1. The standard InChI is InChI=1S/C14H29N/c1-3-5-7-8-9-10-12-14-15-13-11-6-4-2/h4,6,15H,3,5,7-14H2,1-2H3/b6-4+. The van der Waals surface area contributed by atoms with E-state index >= 15 is 0 Å². The zero-order valence-electron chi connectivity index (χ0n) is 10.7. The molecule has 0 unspecified atom stereocenters. The molecule has 90 valence electrons. The van der Waals surface area contributed by atoms with Crippen LogP contribution < -0.4 is 5.32 Å². The second-order valence-electron chi connectivity index (χ2n) is 4.23. The number of rotatable bonds is 11. The van der Waals surface area contributed by atoms with Gasteiger partial charge in [0, 0.05) is 0 Å². The lowest BCUT2D eigenvalue weighted by Gasteiger charge is -2.03. The van der Waals surface area contributed by atoms with Gasteiger partial charge in [-0.1, -0.05) is 57.6 Å². The van der Waals surface area contributed by atoms with E-state index in [0.29, 0.717) is 0 Å².